The van der Waals surface area contributed by atoms with E-state index in [-0.39, 0.29) is 29.8 Å². The zero-order valence-corrected chi connectivity index (χ0v) is 13.8. The van der Waals surface area contributed by atoms with Crippen molar-refractivity contribution in [2.75, 3.05) is 26.2 Å². The number of rotatable bonds is 4. The van der Waals surface area contributed by atoms with Crippen molar-refractivity contribution in [3.05, 3.63) is 22.4 Å². The molecule has 2 aliphatic heterocycles. The maximum Gasteiger partial charge on any atom is 0.252 e. The van der Waals surface area contributed by atoms with E-state index in [0.29, 0.717) is 31.2 Å². The quantitative estimate of drug-likeness (QED) is 0.916. The van der Waals surface area contributed by atoms with Crippen LogP contribution in [0.2, 0.25) is 0 Å². The molecule has 1 aromatic heterocycles. The van der Waals surface area contributed by atoms with Crippen LogP contribution < -0.4 is 5.32 Å². The van der Waals surface area contributed by atoms with E-state index in [2.05, 4.69) is 5.32 Å². The number of amides is 2. The van der Waals surface area contributed by atoms with Crippen LogP contribution in [-0.2, 0) is 9.53 Å². The van der Waals surface area contributed by atoms with Gasteiger partial charge in [0.2, 0.25) is 5.91 Å². The minimum atomic E-state index is -0.0298. The monoisotopic (exact) mass is 322 g/mol. The van der Waals surface area contributed by atoms with Crippen LogP contribution >= 0.6 is 11.3 Å². The SMILES string of the molecule is CC(C)C(=O)N1C[C@@H]2[C@@H](CNC(=O)c3ccsc3)CO[C@@H]2C1. The van der Waals surface area contributed by atoms with Gasteiger partial charge in [0.05, 0.1) is 12.7 Å². The van der Waals surface area contributed by atoms with Crippen molar-refractivity contribution in [3.8, 4) is 0 Å². The molecule has 5 nitrogen and oxygen atoms in total. The smallest absolute Gasteiger partial charge is 0.252 e. The highest BCUT2D eigenvalue weighted by molar-refractivity contribution is 7.08. The number of carbonyl (C=O) groups excluding carboxylic acids is 2. The molecule has 0 unspecified atom stereocenters. The molecule has 1 N–H and O–H groups in total. The van der Waals surface area contributed by atoms with E-state index in [0.717, 1.165) is 6.54 Å². The average Bonchev–Trinajstić information content (AvgIpc) is 3.20. The summed E-state index contributed by atoms with van der Waals surface area (Å²) in [5, 5.41) is 6.74. The lowest BCUT2D eigenvalue weighted by Crippen LogP contribution is -2.36. The van der Waals surface area contributed by atoms with Crippen LogP contribution in [0.1, 0.15) is 24.2 Å². The predicted octanol–water partition coefficient (Wildman–Crippen LogP) is 1.61. The van der Waals surface area contributed by atoms with Gasteiger partial charge in [0.25, 0.3) is 5.91 Å². The second kappa shape index (κ2) is 6.38. The van der Waals surface area contributed by atoms with Gasteiger partial charge in [-0.3, -0.25) is 9.59 Å². The summed E-state index contributed by atoms with van der Waals surface area (Å²) in [5.74, 6) is 0.815. The van der Waals surface area contributed by atoms with Gasteiger partial charge in [0.1, 0.15) is 0 Å². The number of likely N-dealkylation sites (tertiary alicyclic amines) is 1. The summed E-state index contributed by atoms with van der Waals surface area (Å²) >= 11 is 1.52. The second-order valence-electron chi connectivity index (χ2n) is 6.42. The number of ether oxygens (including phenoxy) is 1. The minimum absolute atomic E-state index is 0.0237. The van der Waals surface area contributed by atoms with Gasteiger partial charge in [-0.2, -0.15) is 11.3 Å². The molecular weight excluding hydrogens is 300 g/mol. The van der Waals surface area contributed by atoms with Gasteiger partial charge >= 0.3 is 0 Å². The molecular formula is C16H22N2O3S. The number of nitrogens with zero attached hydrogens (tertiary/aromatic N) is 1. The molecule has 120 valence electrons. The molecule has 0 radical (unpaired) electrons. The van der Waals surface area contributed by atoms with Crippen molar-refractivity contribution < 1.29 is 14.3 Å². The van der Waals surface area contributed by atoms with Crippen LogP contribution in [0.4, 0.5) is 0 Å². The van der Waals surface area contributed by atoms with Crippen LogP contribution in [0.25, 0.3) is 0 Å². The standard InChI is InChI=1S/C16H22N2O3S/c1-10(2)16(20)18-6-13-12(8-21-14(13)7-18)5-17-15(19)11-3-4-22-9-11/h3-4,9-10,12-14H,5-8H2,1-2H3,(H,17,19)/t12-,13+,14+/m0/s1. The zero-order valence-electron chi connectivity index (χ0n) is 13.0. The van der Waals surface area contributed by atoms with Gasteiger partial charge in [-0.25, -0.2) is 0 Å². The third-order valence-electron chi connectivity index (χ3n) is 4.55. The first-order valence-corrected chi connectivity index (χ1v) is 8.71. The highest BCUT2D eigenvalue weighted by atomic mass is 32.1. The van der Waals surface area contributed by atoms with Gasteiger partial charge < -0.3 is 15.0 Å². The molecule has 2 amide bonds. The van der Waals surface area contributed by atoms with Gasteiger partial charge in [-0.05, 0) is 11.4 Å². The fourth-order valence-corrected chi connectivity index (χ4v) is 3.91. The molecule has 1 aromatic rings. The van der Waals surface area contributed by atoms with Crippen LogP contribution in [0, 0.1) is 17.8 Å². The molecule has 0 aromatic carbocycles. The summed E-state index contributed by atoms with van der Waals surface area (Å²) in [6.07, 6.45) is 0.130. The maximum atomic E-state index is 12.1. The Kier molecular flexibility index (Phi) is 4.49. The molecule has 0 saturated carbocycles. The van der Waals surface area contributed by atoms with Crippen molar-refractivity contribution in [3.63, 3.8) is 0 Å². The van der Waals surface area contributed by atoms with E-state index in [4.69, 9.17) is 4.74 Å². The average molecular weight is 322 g/mol. The lowest BCUT2D eigenvalue weighted by atomic mass is 9.93. The molecule has 0 aliphatic carbocycles. The van der Waals surface area contributed by atoms with Crippen molar-refractivity contribution in [2.45, 2.75) is 20.0 Å². The van der Waals surface area contributed by atoms with E-state index < -0.39 is 0 Å². The van der Waals surface area contributed by atoms with Crippen LogP contribution in [-0.4, -0.2) is 49.1 Å². The fraction of sp³-hybridized carbons (Fsp3) is 0.625. The lowest BCUT2D eigenvalue weighted by molar-refractivity contribution is -0.134. The topological polar surface area (TPSA) is 58.6 Å². The Balaban J connectivity index is 1.54. The molecule has 2 aliphatic rings. The van der Waals surface area contributed by atoms with Crippen molar-refractivity contribution in [2.24, 2.45) is 17.8 Å². The summed E-state index contributed by atoms with van der Waals surface area (Å²) in [6, 6.07) is 1.83. The van der Waals surface area contributed by atoms with Crippen LogP contribution in [0.5, 0.6) is 0 Å². The molecule has 3 atom stereocenters. The molecule has 22 heavy (non-hydrogen) atoms. The Bertz CT molecular complexity index is 544. The van der Waals surface area contributed by atoms with E-state index >= 15 is 0 Å². The number of hydrogen-bond acceptors (Lipinski definition) is 4. The number of hydrogen-bond donors (Lipinski definition) is 1. The van der Waals surface area contributed by atoms with Crippen molar-refractivity contribution >= 4 is 23.2 Å². The van der Waals surface area contributed by atoms with E-state index in [1.807, 2.05) is 35.6 Å². The first kappa shape index (κ1) is 15.5. The molecule has 2 fully saturated rings. The minimum Gasteiger partial charge on any atom is -0.376 e. The highest BCUT2D eigenvalue weighted by Crippen LogP contribution is 2.33. The van der Waals surface area contributed by atoms with E-state index in [9.17, 15) is 9.59 Å². The largest absolute Gasteiger partial charge is 0.376 e. The molecule has 0 bridgehead atoms. The molecule has 0 spiro atoms. The predicted molar refractivity (Wildman–Crippen MR) is 84.8 cm³/mol. The number of fused-ring (bicyclic) bond motifs is 1. The Labute approximate surface area is 134 Å². The number of carbonyl (C=O) groups is 2. The summed E-state index contributed by atoms with van der Waals surface area (Å²) in [7, 11) is 0. The van der Waals surface area contributed by atoms with Gasteiger partial charge in [0, 0.05) is 48.3 Å². The molecule has 3 heterocycles. The number of nitrogens with one attached hydrogen (secondary N) is 1. The summed E-state index contributed by atoms with van der Waals surface area (Å²) < 4.78 is 5.83. The van der Waals surface area contributed by atoms with E-state index in [1.165, 1.54) is 11.3 Å². The summed E-state index contributed by atoms with van der Waals surface area (Å²) in [6.45, 7) is 6.57. The molecule has 2 saturated heterocycles. The summed E-state index contributed by atoms with van der Waals surface area (Å²) in [4.78, 5) is 26.0. The normalized spacial score (nSPS) is 27.2. The third kappa shape index (κ3) is 3.03. The van der Waals surface area contributed by atoms with Crippen LogP contribution in [0.15, 0.2) is 16.8 Å². The maximum absolute atomic E-state index is 12.1. The number of thiophene rings is 1. The van der Waals surface area contributed by atoms with Gasteiger partial charge in [0.15, 0.2) is 0 Å². The van der Waals surface area contributed by atoms with Crippen molar-refractivity contribution in [1.82, 2.24) is 10.2 Å². The Morgan fingerprint density at radius 3 is 2.95 bits per heavy atom. The van der Waals surface area contributed by atoms with Crippen LogP contribution in [0.3, 0.4) is 0 Å². The zero-order chi connectivity index (χ0) is 15.7. The Morgan fingerprint density at radius 2 is 2.27 bits per heavy atom. The summed E-state index contributed by atoms with van der Waals surface area (Å²) in [5.41, 5.74) is 0.712. The first-order valence-electron chi connectivity index (χ1n) is 7.77. The Hall–Kier alpha value is -1.40. The lowest BCUT2D eigenvalue weighted by Gasteiger charge is -2.21. The van der Waals surface area contributed by atoms with Crippen molar-refractivity contribution in [1.29, 1.82) is 0 Å². The molecule has 6 heteroatoms. The van der Waals surface area contributed by atoms with Gasteiger partial charge in [-0.15, -0.1) is 0 Å². The van der Waals surface area contributed by atoms with Gasteiger partial charge in [-0.1, -0.05) is 13.8 Å². The Morgan fingerprint density at radius 1 is 1.45 bits per heavy atom. The fourth-order valence-electron chi connectivity index (χ4n) is 3.27. The third-order valence-corrected chi connectivity index (χ3v) is 5.24. The highest BCUT2D eigenvalue weighted by Gasteiger charge is 2.45. The second-order valence-corrected chi connectivity index (χ2v) is 7.20. The van der Waals surface area contributed by atoms with E-state index in [1.54, 1.807) is 0 Å². The first-order chi connectivity index (χ1) is 10.6. The molecule has 3 rings (SSSR count).